The maximum Gasteiger partial charge on any atom is 0.389 e. The lowest BCUT2D eigenvalue weighted by Crippen LogP contribution is -2.30. The van der Waals surface area contributed by atoms with Crippen molar-refractivity contribution in [1.29, 1.82) is 0 Å². The van der Waals surface area contributed by atoms with Gasteiger partial charge in [0.15, 0.2) is 0 Å². The Morgan fingerprint density at radius 1 is 1.06 bits per heavy atom. The van der Waals surface area contributed by atoms with Crippen molar-refractivity contribution in [3.63, 3.8) is 0 Å². The summed E-state index contributed by atoms with van der Waals surface area (Å²) in [5.74, 6) is -1.08. The van der Waals surface area contributed by atoms with Gasteiger partial charge in [0.2, 0.25) is 0 Å². The number of halogens is 3. The minimum atomic E-state index is -4.27. The number of hydrogen-bond donors (Lipinski definition) is 1. The van der Waals surface area contributed by atoms with Gasteiger partial charge in [-0.2, -0.15) is 13.2 Å². The van der Waals surface area contributed by atoms with Gasteiger partial charge in [-0.3, -0.25) is 4.79 Å². The molecule has 0 bridgehead atoms. The highest BCUT2D eigenvalue weighted by Crippen LogP contribution is 2.29. The van der Waals surface area contributed by atoms with E-state index in [1.807, 2.05) is 23.9 Å². The average molecular weight is 476 g/mol. The van der Waals surface area contributed by atoms with Crippen LogP contribution in [0.25, 0.3) is 10.9 Å². The SMILES string of the molecule is COC(=O)c1ccc(Cc2cn(C)c3ccc(C(=O)NC[C@H](C)CC(F)(F)F)cc23)c(OC)c1. The number of ether oxygens (including phenoxy) is 2. The molecule has 0 saturated heterocycles. The molecular weight excluding hydrogens is 449 g/mol. The van der Waals surface area contributed by atoms with Crippen LogP contribution in [0.15, 0.2) is 42.6 Å². The summed E-state index contributed by atoms with van der Waals surface area (Å²) in [7, 11) is 4.72. The Hall–Kier alpha value is -3.49. The molecule has 182 valence electrons. The van der Waals surface area contributed by atoms with Gasteiger partial charge < -0.3 is 19.4 Å². The first kappa shape index (κ1) is 25.1. The zero-order valence-electron chi connectivity index (χ0n) is 19.5. The molecule has 9 heteroatoms. The van der Waals surface area contributed by atoms with Crippen LogP contribution < -0.4 is 10.1 Å². The number of amides is 1. The number of carbonyl (C=O) groups is 2. The lowest BCUT2D eigenvalue weighted by atomic mass is 10.0. The molecule has 0 unspecified atom stereocenters. The summed E-state index contributed by atoms with van der Waals surface area (Å²) < 4.78 is 49.8. The van der Waals surface area contributed by atoms with E-state index >= 15 is 0 Å². The summed E-state index contributed by atoms with van der Waals surface area (Å²) in [6.45, 7) is 1.38. The molecule has 0 aliphatic heterocycles. The number of hydrogen-bond acceptors (Lipinski definition) is 4. The summed E-state index contributed by atoms with van der Waals surface area (Å²) in [4.78, 5) is 24.4. The van der Waals surface area contributed by atoms with E-state index in [9.17, 15) is 22.8 Å². The van der Waals surface area contributed by atoms with Crippen LogP contribution in [0.2, 0.25) is 0 Å². The minimum Gasteiger partial charge on any atom is -0.496 e. The molecule has 0 radical (unpaired) electrons. The summed E-state index contributed by atoms with van der Waals surface area (Å²) >= 11 is 0. The quantitative estimate of drug-likeness (QED) is 0.471. The van der Waals surface area contributed by atoms with Gasteiger partial charge in [-0.25, -0.2) is 4.79 Å². The maximum absolute atomic E-state index is 12.6. The Morgan fingerprint density at radius 2 is 1.76 bits per heavy atom. The lowest BCUT2D eigenvalue weighted by molar-refractivity contribution is -0.142. The third kappa shape index (κ3) is 5.89. The van der Waals surface area contributed by atoms with Crippen LogP contribution in [-0.4, -0.2) is 43.4 Å². The fraction of sp³-hybridized carbons (Fsp3) is 0.360. The van der Waals surface area contributed by atoms with Crippen molar-refractivity contribution in [3.05, 3.63) is 64.8 Å². The topological polar surface area (TPSA) is 69.6 Å². The van der Waals surface area contributed by atoms with Gasteiger partial charge in [-0.1, -0.05) is 13.0 Å². The lowest BCUT2D eigenvalue weighted by Gasteiger charge is -2.15. The van der Waals surface area contributed by atoms with Crippen molar-refractivity contribution < 1.29 is 32.2 Å². The normalized spacial score (nSPS) is 12.4. The zero-order valence-corrected chi connectivity index (χ0v) is 19.5. The molecule has 1 atom stereocenters. The van der Waals surface area contributed by atoms with Crippen LogP contribution in [0.1, 0.15) is 45.2 Å². The predicted octanol–water partition coefficient (Wildman–Crippen LogP) is 4.88. The van der Waals surface area contributed by atoms with Crippen molar-refractivity contribution in [2.75, 3.05) is 20.8 Å². The average Bonchev–Trinajstić information content (AvgIpc) is 3.10. The number of rotatable bonds is 8. The van der Waals surface area contributed by atoms with E-state index in [1.165, 1.54) is 21.1 Å². The fourth-order valence-electron chi connectivity index (χ4n) is 3.93. The maximum atomic E-state index is 12.6. The number of carbonyl (C=O) groups excluding carboxylic acids is 2. The first-order chi connectivity index (χ1) is 16.0. The van der Waals surface area contributed by atoms with Crippen molar-refractivity contribution in [2.45, 2.75) is 25.9 Å². The standard InChI is InChI=1S/C25H27F3N2O4/c1-15(12-25(26,27)28)13-29-23(31)17-7-8-21-20(10-17)19(14-30(21)2)9-16-5-6-18(24(32)34-4)11-22(16)33-3/h5-8,10-11,14-15H,9,12-13H2,1-4H3,(H,29,31)/t15-/m1/s1. The second-order valence-corrected chi connectivity index (χ2v) is 8.33. The highest BCUT2D eigenvalue weighted by atomic mass is 19.4. The molecule has 0 aliphatic rings. The van der Waals surface area contributed by atoms with E-state index in [1.54, 1.807) is 30.3 Å². The first-order valence-corrected chi connectivity index (χ1v) is 10.7. The van der Waals surface area contributed by atoms with Gasteiger partial charge in [-0.05, 0) is 47.4 Å². The third-order valence-electron chi connectivity index (χ3n) is 5.61. The van der Waals surface area contributed by atoms with Crippen LogP contribution in [0.4, 0.5) is 13.2 Å². The second-order valence-electron chi connectivity index (χ2n) is 8.33. The molecule has 1 N–H and O–H groups in total. The van der Waals surface area contributed by atoms with Crippen LogP contribution in [0.3, 0.4) is 0 Å². The summed E-state index contributed by atoms with van der Waals surface area (Å²) in [6, 6.07) is 10.3. The van der Waals surface area contributed by atoms with Gasteiger partial charge in [0.1, 0.15) is 5.75 Å². The van der Waals surface area contributed by atoms with Crippen molar-refractivity contribution in [3.8, 4) is 5.75 Å². The van der Waals surface area contributed by atoms with Crippen LogP contribution >= 0.6 is 0 Å². The molecule has 0 aliphatic carbocycles. The summed E-state index contributed by atoms with van der Waals surface area (Å²) in [5, 5.41) is 3.44. The largest absolute Gasteiger partial charge is 0.496 e. The van der Waals surface area contributed by atoms with E-state index < -0.39 is 30.4 Å². The monoisotopic (exact) mass is 476 g/mol. The molecule has 3 aromatic rings. The molecule has 1 aromatic heterocycles. The Kier molecular flexibility index (Phi) is 7.54. The number of benzene rings is 2. The van der Waals surface area contributed by atoms with Gasteiger partial charge in [0.05, 0.1) is 19.8 Å². The molecule has 3 rings (SSSR count). The molecule has 6 nitrogen and oxygen atoms in total. The van der Waals surface area contributed by atoms with Gasteiger partial charge in [0.25, 0.3) is 5.91 Å². The molecule has 2 aromatic carbocycles. The molecule has 0 saturated carbocycles. The predicted molar refractivity (Wildman–Crippen MR) is 122 cm³/mol. The number of aryl methyl sites for hydroxylation is 1. The Morgan fingerprint density at radius 3 is 2.41 bits per heavy atom. The number of fused-ring (bicyclic) bond motifs is 1. The highest BCUT2D eigenvalue weighted by molar-refractivity contribution is 5.99. The third-order valence-corrected chi connectivity index (χ3v) is 5.61. The number of alkyl halides is 3. The molecular formula is C25H27F3N2O4. The Bertz CT molecular complexity index is 1200. The van der Waals surface area contributed by atoms with Crippen molar-refractivity contribution in [1.82, 2.24) is 9.88 Å². The molecule has 34 heavy (non-hydrogen) atoms. The zero-order chi connectivity index (χ0) is 25.0. The second kappa shape index (κ2) is 10.2. The first-order valence-electron chi connectivity index (χ1n) is 10.7. The van der Waals surface area contributed by atoms with E-state index in [-0.39, 0.29) is 6.54 Å². The van der Waals surface area contributed by atoms with E-state index in [0.29, 0.717) is 23.3 Å². The molecule has 1 amide bonds. The fourth-order valence-corrected chi connectivity index (χ4v) is 3.93. The van der Waals surface area contributed by atoms with Gasteiger partial charge in [-0.15, -0.1) is 0 Å². The number of esters is 1. The smallest absolute Gasteiger partial charge is 0.389 e. The van der Waals surface area contributed by atoms with Crippen LogP contribution in [0.5, 0.6) is 5.75 Å². The van der Waals surface area contributed by atoms with Crippen LogP contribution in [-0.2, 0) is 18.2 Å². The summed E-state index contributed by atoms with van der Waals surface area (Å²) in [5.41, 5.74) is 3.43. The number of aromatic nitrogens is 1. The minimum absolute atomic E-state index is 0.0677. The summed E-state index contributed by atoms with van der Waals surface area (Å²) in [6.07, 6.45) is -2.79. The molecule has 1 heterocycles. The van der Waals surface area contributed by atoms with Gasteiger partial charge >= 0.3 is 12.1 Å². The van der Waals surface area contributed by atoms with Crippen molar-refractivity contribution >= 4 is 22.8 Å². The number of methoxy groups -OCH3 is 2. The van der Waals surface area contributed by atoms with E-state index in [4.69, 9.17) is 9.47 Å². The van der Waals surface area contributed by atoms with E-state index in [2.05, 4.69) is 5.32 Å². The molecule has 0 spiro atoms. The highest BCUT2D eigenvalue weighted by Gasteiger charge is 2.30. The Labute approximate surface area is 195 Å². The van der Waals surface area contributed by atoms with Crippen LogP contribution in [0, 0.1) is 5.92 Å². The van der Waals surface area contributed by atoms with E-state index in [0.717, 1.165) is 22.0 Å². The van der Waals surface area contributed by atoms with Crippen molar-refractivity contribution in [2.24, 2.45) is 13.0 Å². The number of nitrogens with zero attached hydrogens (tertiary/aromatic N) is 1. The number of nitrogens with one attached hydrogen (secondary N) is 1. The van der Waals surface area contributed by atoms with Gasteiger partial charge in [0, 0.05) is 49.1 Å². The molecule has 0 fully saturated rings. The Balaban J connectivity index is 1.84.